The highest BCUT2D eigenvalue weighted by Gasteiger charge is 2.32. The van der Waals surface area contributed by atoms with Gasteiger partial charge in [0, 0.05) is 25.8 Å². The number of aryl methyl sites for hydroxylation is 1. The quantitative estimate of drug-likeness (QED) is 0.598. The van der Waals surface area contributed by atoms with Crippen LogP contribution in [0.4, 0.5) is 11.6 Å². The van der Waals surface area contributed by atoms with Crippen molar-refractivity contribution in [1.82, 2.24) is 34.8 Å². The number of H-pyrrole nitrogens is 1. The average molecular weight is 335 g/mol. The predicted octanol–water partition coefficient (Wildman–Crippen LogP) is 1.03. The summed E-state index contributed by atoms with van der Waals surface area (Å²) in [5, 5.41) is 12.4. The number of hydrogen-bond donors (Lipinski definition) is 1. The van der Waals surface area contributed by atoms with Gasteiger partial charge in [-0.1, -0.05) is 0 Å². The Balaban J connectivity index is 1.37. The lowest BCUT2D eigenvalue weighted by Crippen LogP contribution is -2.59. The summed E-state index contributed by atoms with van der Waals surface area (Å²) in [6.07, 6.45) is 3.24. The molecule has 0 atom stereocenters. The van der Waals surface area contributed by atoms with Gasteiger partial charge in [-0.3, -0.25) is 0 Å². The molecule has 0 spiro atoms. The van der Waals surface area contributed by atoms with Crippen LogP contribution in [0.25, 0.3) is 16.7 Å². The molecule has 1 saturated heterocycles. The van der Waals surface area contributed by atoms with Crippen LogP contribution < -0.4 is 9.80 Å². The van der Waals surface area contributed by atoms with Crippen LogP contribution in [-0.2, 0) is 0 Å². The Morgan fingerprint density at radius 2 is 2.12 bits per heavy atom. The molecule has 5 heterocycles. The minimum atomic E-state index is 0.375. The minimum Gasteiger partial charge on any atom is -0.354 e. The lowest BCUT2D eigenvalue weighted by Gasteiger charge is -2.44. The third kappa shape index (κ3) is 2.19. The van der Waals surface area contributed by atoms with Gasteiger partial charge in [0.15, 0.2) is 11.5 Å². The van der Waals surface area contributed by atoms with Crippen LogP contribution in [0.5, 0.6) is 0 Å². The molecular formula is C16H17N9. The third-order valence-electron chi connectivity index (χ3n) is 4.75. The molecule has 9 nitrogen and oxygen atoms in total. The molecule has 1 aliphatic heterocycles. The van der Waals surface area contributed by atoms with Crippen LogP contribution in [0.3, 0.4) is 0 Å². The molecule has 1 aliphatic rings. The zero-order chi connectivity index (χ0) is 17.0. The summed E-state index contributed by atoms with van der Waals surface area (Å²) in [6.45, 7) is 3.81. The predicted molar refractivity (Wildman–Crippen MR) is 93.8 cm³/mol. The van der Waals surface area contributed by atoms with Crippen molar-refractivity contribution in [3.63, 3.8) is 0 Å². The number of aromatic amines is 1. The number of nitrogens with zero attached hydrogens (tertiary/aromatic N) is 8. The van der Waals surface area contributed by atoms with Crippen LogP contribution in [0.2, 0.25) is 0 Å². The van der Waals surface area contributed by atoms with E-state index >= 15 is 0 Å². The highest BCUT2D eigenvalue weighted by Crippen LogP contribution is 2.28. The smallest absolute Gasteiger partial charge is 0.177 e. The molecule has 0 radical (unpaired) electrons. The van der Waals surface area contributed by atoms with E-state index in [2.05, 4.69) is 47.1 Å². The van der Waals surface area contributed by atoms with E-state index in [9.17, 15) is 0 Å². The van der Waals surface area contributed by atoms with Gasteiger partial charge >= 0.3 is 0 Å². The molecule has 5 rings (SSSR count). The molecule has 0 aromatic carbocycles. The summed E-state index contributed by atoms with van der Waals surface area (Å²) >= 11 is 0. The van der Waals surface area contributed by atoms with E-state index in [-0.39, 0.29) is 0 Å². The van der Waals surface area contributed by atoms with Crippen molar-refractivity contribution < 1.29 is 0 Å². The topological polar surface area (TPSA) is 91.1 Å². The Morgan fingerprint density at radius 3 is 3.00 bits per heavy atom. The molecule has 0 aliphatic carbocycles. The van der Waals surface area contributed by atoms with Crippen molar-refractivity contribution in [2.45, 2.75) is 13.0 Å². The van der Waals surface area contributed by atoms with Crippen LogP contribution >= 0.6 is 0 Å². The lowest BCUT2D eigenvalue weighted by molar-refractivity contribution is 0.487. The van der Waals surface area contributed by atoms with Crippen LogP contribution in [0, 0.1) is 6.92 Å². The van der Waals surface area contributed by atoms with Gasteiger partial charge in [0.2, 0.25) is 0 Å². The highest BCUT2D eigenvalue weighted by atomic mass is 15.4. The number of fused-ring (bicyclic) bond motifs is 2. The Kier molecular flexibility index (Phi) is 2.90. The second-order valence-corrected chi connectivity index (χ2v) is 6.40. The Morgan fingerprint density at radius 1 is 1.24 bits per heavy atom. The maximum absolute atomic E-state index is 4.54. The first-order valence-corrected chi connectivity index (χ1v) is 8.14. The van der Waals surface area contributed by atoms with Crippen LogP contribution in [0.1, 0.15) is 5.69 Å². The molecule has 25 heavy (non-hydrogen) atoms. The van der Waals surface area contributed by atoms with Gasteiger partial charge in [-0.25, -0.2) is 9.97 Å². The number of likely N-dealkylation sites (N-methyl/N-ethyl adjacent to an activating group) is 1. The molecule has 0 bridgehead atoms. The SMILES string of the molecule is Cc1cc2ncnc(N(C)C3CN(c4ccc5nncn5n4)C3)c2[nH]1. The van der Waals surface area contributed by atoms with Crippen LogP contribution in [-0.4, -0.2) is 60.9 Å². The van der Waals surface area contributed by atoms with E-state index < -0.39 is 0 Å². The third-order valence-corrected chi connectivity index (χ3v) is 4.75. The number of hydrogen-bond acceptors (Lipinski definition) is 7. The summed E-state index contributed by atoms with van der Waals surface area (Å²) in [5.74, 6) is 1.87. The largest absolute Gasteiger partial charge is 0.354 e. The van der Waals surface area contributed by atoms with Crippen molar-refractivity contribution >= 4 is 28.3 Å². The zero-order valence-corrected chi connectivity index (χ0v) is 14.0. The molecule has 4 aromatic rings. The van der Waals surface area contributed by atoms with Gasteiger partial charge in [-0.2, -0.15) is 4.52 Å². The summed E-state index contributed by atoms with van der Waals surface area (Å²) in [6, 6.07) is 6.33. The van der Waals surface area contributed by atoms with E-state index in [4.69, 9.17) is 0 Å². The summed E-state index contributed by atoms with van der Waals surface area (Å²) in [7, 11) is 2.08. The maximum atomic E-state index is 4.54. The maximum Gasteiger partial charge on any atom is 0.177 e. The lowest BCUT2D eigenvalue weighted by atomic mass is 10.1. The number of nitrogens with one attached hydrogen (secondary N) is 1. The summed E-state index contributed by atoms with van der Waals surface area (Å²) in [4.78, 5) is 16.6. The van der Waals surface area contributed by atoms with Gasteiger partial charge in [0.05, 0.1) is 11.6 Å². The summed E-state index contributed by atoms with van der Waals surface area (Å²) < 4.78 is 1.70. The van der Waals surface area contributed by atoms with Crippen LogP contribution in [0.15, 0.2) is 30.9 Å². The number of rotatable bonds is 3. The first-order valence-electron chi connectivity index (χ1n) is 8.14. The zero-order valence-electron chi connectivity index (χ0n) is 14.0. The first-order chi connectivity index (χ1) is 12.2. The van der Waals surface area contributed by atoms with Crippen molar-refractivity contribution in [2.75, 3.05) is 29.9 Å². The molecule has 9 heteroatoms. The van der Waals surface area contributed by atoms with Gasteiger partial charge in [-0.15, -0.1) is 15.3 Å². The van der Waals surface area contributed by atoms with Crippen molar-refractivity contribution in [2.24, 2.45) is 0 Å². The van der Waals surface area contributed by atoms with Crippen molar-refractivity contribution in [1.29, 1.82) is 0 Å². The summed E-state index contributed by atoms with van der Waals surface area (Å²) in [5.41, 5.74) is 3.78. The van der Waals surface area contributed by atoms with E-state index in [1.54, 1.807) is 17.2 Å². The van der Waals surface area contributed by atoms with E-state index in [1.807, 2.05) is 25.1 Å². The molecule has 1 N–H and O–H groups in total. The fourth-order valence-corrected chi connectivity index (χ4v) is 3.27. The second kappa shape index (κ2) is 5.13. The van der Waals surface area contributed by atoms with Gasteiger partial charge in [-0.05, 0) is 25.1 Å². The number of anilines is 2. The van der Waals surface area contributed by atoms with Gasteiger partial charge in [0.25, 0.3) is 0 Å². The molecule has 1 fully saturated rings. The van der Waals surface area contributed by atoms with Crippen molar-refractivity contribution in [3.8, 4) is 0 Å². The normalized spacial score (nSPS) is 15.0. The fourth-order valence-electron chi connectivity index (χ4n) is 3.27. The molecular weight excluding hydrogens is 318 g/mol. The fraction of sp³-hybridized carbons (Fsp3) is 0.312. The van der Waals surface area contributed by atoms with Gasteiger partial charge in [0.1, 0.15) is 24.0 Å². The van der Waals surface area contributed by atoms with E-state index in [0.717, 1.165) is 47.1 Å². The molecule has 4 aromatic heterocycles. The molecule has 126 valence electrons. The highest BCUT2D eigenvalue weighted by molar-refractivity contribution is 5.86. The monoisotopic (exact) mass is 335 g/mol. The molecule has 0 amide bonds. The second-order valence-electron chi connectivity index (χ2n) is 6.40. The van der Waals surface area contributed by atoms with E-state index in [0.29, 0.717) is 6.04 Å². The molecule has 0 unspecified atom stereocenters. The van der Waals surface area contributed by atoms with E-state index in [1.165, 1.54) is 0 Å². The Bertz CT molecular complexity index is 1060. The average Bonchev–Trinajstić information content (AvgIpc) is 3.17. The first kappa shape index (κ1) is 14.1. The Hall–Kier alpha value is -3.23. The minimum absolute atomic E-state index is 0.375. The Labute approximate surface area is 143 Å². The number of aromatic nitrogens is 7. The van der Waals surface area contributed by atoms with Crippen molar-refractivity contribution in [3.05, 3.63) is 36.5 Å². The van der Waals surface area contributed by atoms with Gasteiger partial charge < -0.3 is 14.8 Å². The standard InChI is InChI=1S/C16H17N9/c1-10-5-12-15(20-10)16(18-8-17-12)23(2)11-6-24(7-11)14-4-3-13-21-19-9-25(13)22-14/h3-5,8-9,11,20H,6-7H2,1-2H3. The molecule has 0 saturated carbocycles.